The first-order valence-electron chi connectivity index (χ1n) is 7.95. The van der Waals surface area contributed by atoms with Gasteiger partial charge >= 0.3 is 0 Å². The van der Waals surface area contributed by atoms with Gasteiger partial charge in [-0.3, -0.25) is 0 Å². The van der Waals surface area contributed by atoms with Gasteiger partial charge in [0, 0.05) is 11.8 Å². The molecule has 6 aliphatic carbocycles. The molecule has 2 N–H and O–H groups in total. The molecule has 0 aliphatic heterocycles. The third kappa shape index (κ3) is 0.798. The molecule has 0 heterocycles. The van der Waals surface area contributed by atoms with Crippen LogP contribution in [-0.2, 0) is 0 Å². The Balaban J connectivity index is 1.60. The number of allylic oxidation sites excluding steroid dienone is 2. The second kappa shape index (κ2) is 2.97. The van der Waals surface area contributed by atoms with Crippen molar-refractivity contribution >= 4 is 11.4 Å². The smallest absolute Gasteiger partial charge is 0.0613 e. The van der Waals surface area contributed by atoms with Crippen molar-refractivity contribution in [2.24, 2.45) is 69.5 Å². The topological polar surface area (TPSA) is 65.2 Å². The van der Waals surface area contributed by atoms with E-state index in [1.807, 2.05) is 0 Å². The monoisotopic (exact) mass is 270 g/mol. The van der Waals surface area contributed by atoms with Crippen molar-refractivity contribution < 1.29 is 10.4 Å². The van der Waals surface area contributed by atoms with E-state index in [1.54, 1.807) is 0 Å². The van der Waals surface area contributed by atoms with Crippen molar-refractivity contribution in [2.45, 2.75) is 12.8 Å². The molecule has 0 spiro atoms. The first-order chi connectivity index (χ1) is 9.85. The van der Waals surface area contributed by atoms with E-state index in [0.717, 1.165) is 47.9 Å². The summed E-state index contributed by atoms with van der Waals surface area (Å²) in [5, 5.41) is 26.2. The highest BCUT2D eigenvalue weighted by Crippen LogP contribution is 2.77. The number of hydrogen-bond acceptors (Lipinski definition) is 4. The van der Waals surface area contributed by atoms with Crippen LogP contribution in [0.5, 0.6) is 0 Å². The van der Waals surface area contributed by atoms with E-state index in [9.17, 15) is 10.4 Å². The number of oxime groups is 2. The second-order valence-electron chi connectivity index (χ2n) is 7.82. The van der Waals surface area contributed by atoms with Gasteiger partial charge < -0.3 is 10.4 Å². The number of fused-ring (bicyclic) bond motifs is 3. The zero-order valence-corrected chi connectivity index (χ0v) is 11.1. The zero-order chi connectivity index (χ0) is 13.2. The fourth-order valence-electron chi connectivity index (χ4n) is 7.87. The highest BCUT2D eigenvalue weighted by atomic mass is 16.4. The minimum atomic E-state index is 0.516. The van der Waals surface area contributed by atoms with Crippen LogP contribution in [0.15, 0.2) is 22.5 Å². The molecule has 0 aromatic heterocycles. The van der Waals surface area contributed by atoms with Crippen molar-refractivity contribution in [3.8, 4) is 0 Å². The molecule has 4 nitrogen and oxygen atoms in total. The molecule has 0 saturated heterocycles. The molecule has 0 radical (unpaired) electrons. The van der Waals surface area contributed by atoms with Gasteiger partial charge in [-0.1, -0.05) is 22.5 Å². The van der Waals surface area contributed by atoms with Crippen LogP contribution in [0.1, 0.15) is 12.8 Å². The van der Waals surface area contributed by atoms with E-state index in [-0.39, 0.29) is 0 Å². The number of hydrogen-bond donors (Lipinski definition) is 2. The highest BCUT2D eigenvalue weighted by molar-refractivity contribution is 5.94. The van der Waals surface area contributed by atoms with Crippen LogP contribution in [0.3, 0.4) is 0 Å². The number of nitrogens with zero attached hydrogens (tertiary/aromatic N) is 2. The van der Waals surface area contributed by atoms with E-state index < -0.39 is 0 Å². The van der Waals surface area contributed by atoms with Gasteiger partial charge in [-0.25, -0.2) is 0 Å². The van der Waals surface area contributed by atoms with Crippen LogP contribution in [-0.4, -0.2) is 21.8 Å². The first kappa shape index (κ1) is 10.4. The van der Waals surface area contributed by atoms with Crippen LogP contribution in [0.4, 0.5) is 0 Å². The van der Waals surface area contributed by atoms with E-state index in [4.69, 9.17) is 0 Å². The van der Waals surface area contributed by atoms with E-state index in [0.29, 0.717) is 35.5 Å². The van der Waals surface area contributed by atoms with E-state index in [1.165, 1.54) is 0 Å². The predicted molar refractivity (Wildman–Crippen MR) is 71.7 cm³/mol. The Bertz CT molecular complexity index is 560. The molecule has 20 heavy (non-hydrogen) atoms. The average Bonchev–Trinajstić information content (AvgIpc) is 3.18. The molecule has 0 aromatic carbocycles. The fraction of sp³-hybridized carbons (Fsp3) is 0.750. The lowest BCUT2D eigenvalue weighted by Crippen LogP contribution is -2.23. The summed E-state index contributed by atoms with van der Waals surface area (Å²) in [7, 11) is 0. The molecule has 104 valence electrons. The molecule has 5 saturated carbocycles. The van der Waals surface area contributed by atoms with Gasteiger partial charge in [-0.2, -0.15) is 0 Å². The van der Waals surface area contributed by atoms with Gasteiger partial charge in [0.2, 0.25) is 0 Å². The van der Waals surface area contributed by atoms with Crippen molar-refractivity contribution in [1.82, 2.24) is 0 Å². The Morgan fingerprint density at radius 1 is 0.750 bits per heavy atom. The van der Waals surface area contributed by atoms with Gasteiger partial charge in [0.1, 0.15) is 0 Å². The second-order valence-corrected chi connectivity index (χ2v) is 7.82. The lowest BCUT2D eigenvalue weighted by molar-refractivity contribution is 0.304. The summed E-state index contributed by atoms with van der Waals surface area (Å²) in [6, 6.07) is 0. The van der Waals surface area contributed by atoms with Crippen LogP contribution in [0.2, 0.25) is 0 Å². The van der Waals surface area contributed by atoms with Crippen LogP contribution < -0.4 is 0 Å². The highest BCUT2D eigenvalue weighted by Gasteiger charge is 2.76. The van der Waals surface area contributed by atoms with Crippen LogP contribution >= 0.6 is 0 Å². The Morgan fingerprint density at radius 3 is 1.70 bits per heavy atom. The van der Waals surface area contributed by atoms with Crippen molar-refractivity contribution in [1.29, 1.82) is 0 Å². The minimum Gasteiger partial charge on any atom is -0.411 e. The molecular weight excluding hydrogens is 252 g/mol. The van der Waals surface area contributed by atoms with Gasteiger partial charge in [-0.05, 0) is 60.2 Å². The lowest BCUT2D eigenvalue weighted by atomic mass is 9.83. The van der Waals surface area contributed by atoms with Crippen LogP contribution in [0.25, 0.3) is 0 Å². The third-order valence-electron chi connectivity index (χ3n) is 7.89. The maximum Gasteiger partial charge on any atom is 0.0613 e. The predicted octanol–water partition coefficient (Wildman–Crippen LogP) is 2.23. The summed E-state index contributed by atoms with van der Waals surface area (Å²) < 4.78 is 0. The molecule has 10 atom stereocenters. The SMILES string of the molecule is O/N=C1/C[C@H]2[C@H]3C/C(=N/O)[C@H]4[C@@H]3C3C5[C@@H](C=C[C@@H]54)[C@@H]1[C@H]32. The molecule has 4 heteroatoms. The van der Waals surface area contributed by atoms with Gasteiger partial charge in [0.15, 0.2) is 0 Å². The molecule has 0 bridgehead atoms. The third-order valence-corrected chi connectivity index (χ3v) is 7.89. The quantitative estimate of drug-likeness (QED) is 0.403. The molecule has 0 amide bonds. The van der Waals surface area contributed by atoms with Gasteiger partial charge in [0.25, 0.3) is 0 Å². The van der Waals surface area contributed by atoms with E-state index in [2.05, 4.69) is 22.5 Å². The summed E-state index contributed by atoms with van der Waals surface area (Å²) in [6.45, 7) is 0. The summed E-state index contributed by atoms with van der Waals surface area (Å²) in [6.07, 6.45) is 6.75. The Hall–Kier alpha value is -1.32. The van der Waals surface area contributed by atoms with Crippen molar-refractivity contribution in [3.05, 3.63) is 12.2 Å². The fourth-order valence-corrected chi connectivity index (χ4v) is 7.87. The van der Waals surface area contributed by atoms with Crippen molar-refractivity contribution in [3.63, 3.8) is 0 Å². The van der Waals surface area contributed by atoms with Gasteiger partial charge in [0.05, 0.1) is 11.4 Å². The van der Waals surface area contributed by atoms with Gasteiger partial charge in [-0.15, -0.1) is 0 Å². The first-order valence-corrected chi connectivity index (χ1v) is 7.95. The summed E-state index contributed by atoms with van der Waals surface area (Å²) in [4.78, 5) is 0. The zero-order valence-electron chi connectivity index (χ0n) is 11.1. The summed E-state index contributed by atoms with van der Waals surface area (Å²) >= 11 is 0. The van der Waals surface area contributed by atoms with E-state index >= 15 is 0 Å². The Labute approximate surface area is 117 Å². The maximum atomic E-state index is 9.41. The average molecular weight is 270 g/mol. The van der Waals surface area contributed by atoms with Crippen LogP contribution in [0, 0.1) is 59.2 Å². The molecular formula is C16H18N2O2. The molecule has 6 aliphatic rings. The lowest BCUT2D eigenvalue weighted by Gasteiger charge is -2.21. The minimum absolute atomic E-state index is 0.516. The molecule has 2 unspecified atom stereocenters. The van der Waals surface area contributed by atoms with Crippen molar-refractivity contribution in [2.75, 3.05) is 0 Å². The number of rotatable bonds is 0. The standard InChI is InChI=1S/C16H18N2O2/c19-17-9-3-7-8-4-10(18-20)13-6-2-1-5-11(6)16(15(8)13)14(7)12(5)9/h1-2,5-8,11-16,19-20H,3-4H2/b17-9-,18-10-/t5-,6+,7+,8-,11?,12-,13-,14+,15+,16?/m0/s1. The Kier molecular flexibility index (Phi) is 1.55. The molecule has 5 fully saturated rings. The largest absolute Gasteiger partial charge is 0.411 e. The Morgan fingerprint density at radius 2 is 1.25 bits per heavy atom. The molecule has 0 aromatic rings. The summed E-state index contributed by atoms with van der Waals surface area (Å²) in [5.74, 6) is 6.63. The molecule has 6 rings (SSSR count). The normalized spacial score (nSPS) is 67.0. The summed E-state index contributed by atoms with van der Waals surface area (Å²) in [5.41, 5.74) is 2.13. The maximum absolute atomic E-state index is 9.41.